The predicted molar refractivity (Wildman–Crippen MR) is 98.4 cm³/mol. The van der Waals surface area contributed by atoms with E-state index in [9.17, 15) is 0 Å². The fourth-order valence-corrected chi connectivity index (χ4v) is 3.64. The lowest BCUT2D eigenvalue weighted by Crippen LogP contribution is -2.41. The smallest absolute Gasteiger partial charge is 0.191 e. The van der Waals surface area contributed by atoms with Gasteiger partial charge >= 0.3 is 0 Å². The first kappa shape index (κ1) is 18.2. The molecule has 23 heavy (non-hydrogen) atoms. The first-order valence-electron chi connectivity index (χ1n) is 8.55. The second-order valence-electron chi connectivity index (χ2n) is 5.93. The number of methoxy groups -OCH3 is 1. The van der Waals surface area contributed by atoms with Gasteiger partial charge in [0.1, 0.15) is 0 Å². The molecular weight excluding hydrogens is 308 g/mol. The SMILES string of the molecule is CCNC(=NCC(C)N1CCc2sccc2C1)NCCCOC. The van der Waals surface area contributed by atoms with Crippen LogP contribution in [0.5, 0.6) is 0 Å². The van der Waals surface area contributed by atoms with E-state index >= 15 is 0 Å². The Bertz CT molecular complexity index is 489. The minimum Gasteiger partial charge on any atom is -0.385 e. The monoisotopic (exact) mass is 338 g/mol. The van der Waals surface area contributed by atoms with Crippen LogP contribution in [0, 0.1) is 0 Å². The van der Waals surface area contributed by atoms with Crippen molar-refractivity contribution in [3.8, 4) is 0 Å². The maximum atomic E-state index is 5.08. The van der Waals surface area contributed by atoms with Crippen LogP contribution in [-0.4, -0.2) is 56.8 Å². The summed E-state index contributed by atoms with van der Waals surface area (Å²) in [6.45, 7) is 9.93. The van der Waals surface area contributed by atoms with Crippen molar-refractivity contribution in [3.05, 3.63) is 21.9 Å². The highest BCUT2D eigenvalue weighted by Gasteiger charge is 2.21. The molecule has 0 saturated carbocycles. The molecule has 0 bridgehead atoms. The van der Waals surface area contributed by atoms with Gasteiger partial charge in [-0.3, -0.25) is 9.89 Å². The van der Waals surface area contributed by atoms with Crippen molar-refractivity contribution >= 4 is 17.3 Å². The second kappa shape index (κ2) is 9.90. The number of guanidine groups is 1. The van der Waals surface area contributed by atoms with E-state index in [2.05, 4.69) is 40.8 Å². The third kappa shape index (κ3) is 5.79. The summed E-state index contributed by atoms with van der Waals surface area (Å²) >= 11 is 1.89. The summed E-state index contributed by atoms with van der Waals surface area (Å²) in [5.74, 6) is 0.906. The molecular formula is C17H30N4OS. The molecule has 1 aromatic heterocycles. The van der Waals surface area contributed by atoms with Crippen molar-refractivity contribution in [3.63, 3.8) is 0 Å². The molecule has 1 aromatic rings. The summed E-state index contributed by atoms with van der Waals surface area (Å²) in [7, 11) is 1.73. The molecule has 5 nitrogen and oxygen atoms in total. The molecule has 0 amide bonds. The number of nitrogens with zero attached hydrogens (tertiary/aromatic N) is 2. The van der Waals surface area contributed by atoms with E-state index in [0.717, 1.165) is 51.7 Å². The van der Waals surface area contributed by atoms with Gasteiger partial charge in [-0.25, -0.2) is 0 Å². The van der Waals surface area contributed by atoms with E-state index < -0.39 is 0 Å². The van der Waals surface area contributed by atoms with Crippen molar-refractivity contribution in [2.45, 2.75) is 39.3 Å². The van der Waals surface area contributed by atoms with Crippen LogP contribution in [0.25, 0.3) is 0 Å². The Morgan fingerprint density at radius 2 is 2.35 bits per heavy atom. The quantitative estimate of drug-likeness (QED) is 0.433. The number of thiophene rings is 1. The molecule has 0 saturated heterocycles. The molecule has 2 N–H and O–H groups in total. The van der Waals surface area contributed by atoms with Crippen LogP contribution in [-0.2, 0) is 17.7 Å². The van der Waals surface area contributed by atoms with Gasteiger partial charge in [-0.15, -0.1) is 11.3 Å². The van der Waals surface area contributed by atoms with E-state index in [1.54, 1.807) is 12.0 Å². The van der Waals surface area contributed by atoms with Gasteiger partial charge in [0.05, 0.1) is 6.54 Å². The molecule has 1 unspecified atom stereocenters. The van der Waals surface area contributed by atoms with E-state index in [-0.39, 0.29) is 0 Å². The summed E-state index contributed by atoms with van der Waals surface area (Å²) in [5.41, 5.74) is 1.50. The van der Waals surface area contributed by atoms with Crippen molar-refractivity contribution in [1.82, 2.24) is 15.5 Å². The minimum atomic E-state index is 0.456. The standard InChI is InChI=1S/C17H30N4OS/c1-4-18-17(19-8-5-10-22-3)20-12-14(2)21-9-6-16-15(13-21)7-11-23-16/h7,11,14H,4-6,8-10,12-13H2,1-3H3,(H2,18,19,20). The fourth-order valence-electron chi connectivity index (χ4n) is 2.75. The van der Waals surface area contributed by atoms with Crippen LogP contribution in [0.4, 0.5) is 0 Å². The largest absolute Gasteiger partial charge is 0.385 e. The van der Waals surface area contributed by atoms with Gasteiger partial charge in [0.25, 0.3) is 0 Å². The third-order valence-corrected chi connectivity index (χ3v) is 5.16. The Labute approximate surface area is 144 Å². The number of nitrogens with one attached hydrogen (secondary N) is 2. The van der Waals surface area contributed by atoms with Crippen LogP contribution >= 0.6 is 11.3 Å². The van der Waals surface area contributed by atoms with Crippen molar-refractivity contribution in [2.75, 3.05) is 39.9 Å². The number of fused-ring (bicyclic) bond motifs is 1. The van der Waals surface area contributed by atoms with Gasteiger partial charge in [0.15, 0.2) is 5.96 Å². The van der Waals surface area contributed by atoms with Gasteiger partial charge in [0, 0.05) is 50.8 Å². The van der Waals surface area contributed by atoms with Crippen LogP contribution < -0.4 is 10.6 Å². The molecule has 0 aliphatic carbocycles. The van der Waals surface area contributed by atoms with Crippen molar-refractivity contribution < 1.29 is 4.74 Å². The van der Waals surface area contributed by atoms with Gasteiger partial charge in [-0.2, -0.15) is 0 Å². The zero-order chi connectivity index (χ0) is 16.5. The number of hydrogen-bond acceptors (Lipinski definition) is 4. The molecule has 1 aliphatic rings. The number of ether oxygens (including phenoxy) is 1. The van der Waals surface area contributed by atoms with E-state index in [1.165, 1.54) is 12.0 Å². The molecule has 0 radical (unpaired) electrons. The first-order chi connectivity index (χ1) is 11.2. The van der Waals surface area contributed by atoms with E-state index in [1.807, 2.05) is 11.3 Å². The Kier molecular flexibility index (Phi) is 7.85. The molecule has 1 atom stereocenters. The average Bonchev–Trinajstić information content (AvgIpc) is 3.03. The molecule has 130 valence electrons. The van der Waals surface area contributed by atoms with E-state index in [4.69, 9.17) is 9.73 Å². The summed E-state index contributed by atoms with van der Waals surface area (Å²) < 4.78 is 5.08. The number of hydrogen-bond donors (Lipinski definition) is 2. The molecule has 0 aromatic carbocycles. The van der Waals surface area contributed by atoms with Crippen LogP contribution in [0.3, 0.4) is 0 Å². The second-order valence-corrected chi connectivity index (χ2v) is 6.93. The molecule has 1 aliphatic heterocycles. The maximum absolute atomic E-state index is 5.08. The van der Waals surface area contributed by atoms with Crippen molar-refractivity contribution in [2.24, 2.45) is 4.99 Å². The topological polar surface area (TPSA) is 48.9 Å². The fraction of sp³-hybridized carbons (Fsp3) is 0.706. The van der Waals surface area contributed by atoms with Crippen molar-refractivity contribution in [1.29, 1.82) is 0 Å². The summed E-state index contributed by atoms with van der Waals surface area (Å²) in [6, 6.07) is 2.72. The Morgan fingerprint density at radius 1 is 1.48 bits per heavy atom. The Balaban J connectivity index is 1.81. The predicted octanol–water partition coefficient (Wildman–Crippen LogP) is 2.09. The molecule has 0 spiro atoms. The van der Waals surface area contributed by atoms with Gasteiger partial charge in [-0.05, 0) is 43.7 Å². The number of rotatable bonds is 8. The Morgan fingerprint density at radius 3 is 3.13 bits per heavy atom. The normalized spacial score (nSPS) is 16.9. The summed E-state index contributed by atoms with van der Waals surface area (Å²) in [6.07, 6.45) is 2.17. The van der Waals surface area contributed by atoms with Crippen LogP contribution in [0.1, 0.15) is 30.7 Å². The van der Waals surface area contributed by atoms with E-state index in [0.29, 0.717) is 6.04 Å². The van der Waals surface area contributed by atoms with Gasteiger partial charge in [-0.1, -0.05) is 0 Å². The lowest BCUT2D eigenvalue weighted by atomic mass is 10.1. The molecule has 2 heterocycles. The summed E-state index contributed by atoms with van der Waals surface area (Å²) in [4.78, 5) is 8.84. The summed E-state index contributed by atoms with van der Waals surface area (Å²) in [5, 5.41) is 8.89. The molecule has 0 fully saturated rings. The van der Waals surface area contributed by atoms with Crippen LogP contribution in [0.2, 0.25) is 0 Å². The lowest BCUT2D eigenvalue weighted by Gasteiger charge is -2.31. The first-order valence-corrected chi connectivity index (χ1v) is 9.43. The molecule has 6 heteroatoms. The zero-order valence-corrected chi connectivity index (χ0v) is 15.4. The molecule has 2 rings (SSSR count). The average molecular weight is 339 g/mol. The minimum absolute atomic E-state index is 0.456. The van der Waals surface area contributed by atoms with Crippen LogP contribution in [0.15, 0.2) is 16.4 Å². The highest BCUT2D eigenvalue weighted by Crippen LogP contribution is 2.25. The number of aliphatic imine (C=N–C) groups is 1. The van der Waals surface area contributed by atoms with Gasteiger partial charge < -0.3 is 15.4 Å². The Hall–Kier alpha value is -1.11. The van der Waals surface area contributed by atoms with Gasteiger partial charge in [0.2, 0.25) is 0 Å². The maximum Gasteiger partial charge on any atom is 0.191 e. The zero-order valence-electron chi connectivity index (χ0n) is 14.6. The third-order valence-electron chi connectivity index (χ3n) is 4.14. The lowest BCUT2D eigenvalue weighted by molar-refractivity contribution is 0.195. The highest BCUT2D eigenvalue weighted by atomic mass is 32.1. The highest BCUT2D eigenvalue weighted by molar-refractivity contribution is 7.10.